The van der Waals surface area contributed by atoms with Crippen molar-refractivity contribution in [2.75, 3.05) is 12.0 Å². The normalized spacial score (nSPS) is 17.7. The third-order valence-corrected chi connectivity index (χ3v) is 5.66. The van der Waals surface area contributed by atoms with E-state index in [4.69, 9.17) is 9.52 Å². The zero-order valence-corrected chi connectivity index (χ0v) is 18.8. The minimum absolute atomic E-state index is 0.00919. The maximum absolute atomic E-state index is 13.3. The van der Waals surface area contributed by atoms with Crippen LogP contribution in [-0.4, -0.2) is 78.6 Å². The highest BCUT2D eigenvalue weighted by Gasteiger charge is 2.55. The lowest BCUT2D eigenvalue weighted by Gasteiger charge is -2.35. The van der Waals surface area contributed by atoms with Gasteiger partial charge in [-0.1, -0.05) is 65.8 Å². The Bertz CT molecular complexity index is 1180. The first-order valence-corrected chi connectivity index (χ1v) is 10.9. The first-order chi connectivity index (χ1) is 17.4. The van der Waals surface area contributed by atoms with Crippen molar-refractivity contribution in [3.63, 3.8) is 0 Å². The van der Waals surface area contributed by atoms with E-state index in [0.717, 1.165) is 6.21 Å². The highest BCUT2D eigenvalue weighted by atomic mass is 16.4. The number of nitrogens with one attached hydrogen (secondary N) is 2. The maximum Gasteiger partial charge on any atom is 0.336 e. The van der Waals surface area contributed by atoms with Gasteiger partial charge >= 0.3 is 12.0 Å². The minimum Gasteiger partial charge on any atom is -0.405 e. The zero-order chi connectivity index (χ0) is 25.7. The Morgan fingerprint density at radius 2 is 1.64 bits per heavy atom. The SMILES string of the molecule is O=C1NC(=O)C(c2ccccc2)(c2ccccc2)N1Cc1nnc(N/N=C\C(O)C(O)C(O)CO)o1. The van der Waals surface area contributed by atoms with Crippen LogP contribution in [-0.2, 0) is 16.9 Å². The zero-order valence-electron chi connectivity index (χ0n) is 18.8. The van der Waals surface area contributed by atoms with Crippen molar-refractivity contribution >= 4 is 24.2 Å². The second kappa shape index (κ2) is 10.6. The second-order valence-electron chi connectivity index (χ2n) is 7.91. The largest absolute Gasteiger partial charge is 0.405 e. The third kappa shape index (κ3) is 4.67. The summed E-state index contributed by atoms with van der Waals surface area (Å²) in [5, 5.41) is 51.3. The topological polar surface area (TPSA) is 194 Å². The van der Waals surface area contributed by atoms with Gasteiger partial charge in [-0.2, -0.15) is 5.10 Å². The summed E-state index contributed by atoms with van der Waals surface area (Å²) in [6.45, 7) is -0.962. The molecule has 0 aliphatic carbocycles. The van der Waals surface area contributed by atoms with Crippen molar-refractivity contribution in [2.45, 2.75) is 30.4 Å². The summed E-state index contributed by atoms with van der Waals surface area (Å²) in [5.41, 5.74) is 2.02. The fourth-order valence-electron chi connectivity index (χ4n) is 3.91. The molecule has 3 unspecified atom stereocenters. The number of nitrogens with zero attached hydrogens (tertiary/aromatic N) is 4. The number of hydrogen-bond donors (Lipinski definition) is 6. The molecule has 1 saturated heterocycles. The molecule has 1 aromatic heterocycles. The molecule has 3 amide bonds. The Labute approximate surface area is 204 Å². The number of anilines is 1. The molecule has 36 heavy (non-hydrogen) atoms. The van der Waals surface area contributed by atoms with E-state index in [0.29, 0.717) is 11.1 Å². The van der Waals surface area contributed by atoms with Gasteiger partial charge in [0.05, 0.1) is 12.8 Å². The lowest BCUT2D eigenvalue weighted by Crippen LogP contribution is -2.47. The Morgan fingerprint density at radius 3 is 2.22 bits per heavy atom. The second-order valence-corrected chi connectivity index (χ2v) is 7.91. The van der Waals surface area contributed by atoms with E-state index in [2.05, 4.69) is 26.0 Å². The molecule has 188 valence electrons. The summed E-state index contributed by atoms with van der Waals surface area (Å²) in [7, 11) is 0. The lowest BCUT2D eigenvalue weighted by atomic mass is 9.81. The van der Waals surface area contributed by atoms with Crippen molar-refractivity contribution in [3.8, 4) is 0 Å². The lowest BCUT2D eigenvalue weighted by molar-refractivity contribution is -0.125. The van der Waals surface area contributed by atoms with Gasteiger partial charge in [0.25, 0.3) is 5.91 Å². The van der Waals surface area contributed by atoms with Crippen LogP contribution in [0.25, 0.3) is 0 Å². The molecule has 0 spiro atoms. The van der Waals surface area contributed by atoms with E-state index < -0.39 is 42.4 Å². The summed E-state index contributed by atoms with van der Waals surface area (Å²) >= 11 is 0. The fourth-order valence-corrected chi connectivity index (χ4v) is 3.91. The van der Waals surface area contributed by atoms with Gasteiger partial charge in [-0.25, -0.2) is 10.2 Å². The molecule has 0 bridgehead atoms. The average Bonchev–Trinajstić information content (AvgIpc) is 3.45. The summed E-state index contributed by atoms with van der Waals surface area (Å²) in [4.78, 5) is 27.5. The number of rotatable bonds is 10. The number of aromatic nitrogens is 2. The van der Waals surface area contributed by atoms with Crippen molar-refractivity contribution in [1.82, 2.24) is 20.4 Å². The van der Waals surface area contributed by atoms with Gasteiger partial charge in [0.1, 0.15) is 24.9 Å². The molecule has 2 heterocycles. The third-order valence-electron chi connectivity index (χ3n) is 5.66. The fraction of sp³-hybridized carbons (Fsp3) is 0.261. The highest BCUT2D eigenvalue weighted by molar-refractivity contribution is 6.09. The van der Waals surface area contributed by atoms with E-state index in [1.807, 2.05) is 0 Å². The van der Waals surface area contributed by atoms with Crippen molar-refractivity contribution in [3.05, 3.63) is 77.7 Å². The monoisotopic (exact) mass is 496 g/mol. The summed E-state index contributed by atoms with van der Waals surface area (Å²) in [5.74, 6) is -0.532. The standard InChI is InChI=1S/C23H24N6O7/c30-13-17(32)19(33)16(31)11-24-27-21-28-26-18(36-21)12-29-22(35)25-20(34)23(29,14-7-3-1-4-8-14)15-9-5-2-6-10-15/h1-11,16-17,19,30-33H,12-13H2,(H,27,28)(H,25,34,35)/b24-11-. The number of carbonyl (C=O) groups is 2. The molecule has 0 saturated carbocycles. The molecule has 1 fully saturated rings. The number of hydrazone groups is 1. The number of imide groups is 1. The van der Waals surface area contributed by atoms with Gasteiger partial charge in [0, 0.05) is 0 Å². The number of benzene rings is 2. The maximum atomic E-state index is 13.3. The Balaban J connectivity index is 1.58. The van der Waals surface area contributed by atoms with E-state index in [9.17, 15) is 24.9 Å². The van der Waals surface area contributed by atoms with Crippen LogP contribution in [0.2, 0.25) is 0 Å². The van der Waals surface area contributed by atoms with Gasteiger partial charge in [0.15, 0.2) is 5.54 Å². The van der Waals surface area contributed by atoms with Crippen LogP contribution in [0.3, 0.4) is 0 Å². The van der Waals surface area contributed by atoms with Crippen LogP contribution in [0.1, 0.15) is 17.0 Å². The van der Waals surface area contributed by atoms with Gasteiger partial charge in [-0.15, -0.1) is 5.10 Å². The number of urea groups is 1. The van der Waals surface area contributed by atoms with Crippen molar-refractivity contribution < 1.29 is 34.4 Å². The molecule has 3 aromatic rings. The van der Waals surface area contributed by atoms with Gasteiger partial charge < -0.3 is 24.8 Å². The van der Waals surface area contributed by atoms with E-state index in [-0.39, 0.29) is 18.5 Å². The first-order valence-electron chi connectivity index (χ1n) is 10.9. The van der Waals surface area contributed by atoms with Crippen molar-refractivity contribution in [1.29, 1.82) is 0 Å². The number of aliphatic hydroxyl groups is 4. The molecule has 4 rings (SSSR count). The smallest absolute Gasteiger partial charge is 0.336 e. The number of amides is 3. The summed E-state index contributed by atoms with van der Waals surface area (Å²) in [6, 6.07) is 16.9. The number of hydrogen-bond acceptors (Lipinski definition) is 11. The number of carbonyl (C=O) groups excluding carboxylic acids is 2. The van der Waals surface area contributed by atoms with E-state index >= 15 is 0 Å². The first kappa shape index (κ1) is 24.9. The van der Waals surface area contributed by atoms with Crippen LogP contribution in [0.4, 0.5) is 10.8 Å². The quantitative estimate of drug-likeness (QED) is 0.121. The predicted molar refractivity (Wildman–Crippen MR) is 124 cm³/mol. The Kier molecular flexibility index (Phi) is 7.36. The predicted octanol–water partition coefficient (Wildman–Crippen LogP) is -0.462. The van der Waals surface area contributed by atoms with Gasteiger partial charge in [-0.05, 0) is 11.1 Å². The summed E-state index contributed by atoms with van der Waals surface area (Å²) in [6.07, 6.45) is -3.92. The summed E-state index contributed by atoms with van der Waals surface area (Å²) < 4.78 is 5.49. The minimum atomic E-state index is -1.66. The van der Waals surface area contributed by atoms with E-state index in [1.165, 1.54) is 4.90 Å². The molecule has 1 aliphatic heterocycles. The average molecular weight is 496 g/mol. The Hall–Kier alpha value is -4.17. The molecule has 13 nitrogen and oxygen atoms in total. The number of aliphatic hydroxyl groups excluding tert-OH is 4. The van der Waals surface area contributed by atoms with E-state index in [1.54, 1.807) is 60.7 Å². The van der Waals surface area contributed by atoms with Crippen LogP contribution in [0, 0.1) is 0 Å². The van der Waals surface area contributed by atoms with Crippen LogP contribution in [0.5, 0.6) is 0 Å². The van der Waals surface area contributed by atoms with Crippen LogP contribution >= 0.6 is 0 Å². The van der Waals surface area contributed by atoms with Gasteiger partial charge in [-0.3, -0.25) is 15.0 Å². The molecule has 0 radical (unpaired) electrons. The molecule has 3 atom stereocenters. The molecule has 6 N–H and O–H groups in total. The molecule has 13 heteroatoms. The van der Waals surface area contributed by atoms with Crippen LogP contribution in [0.15, 0.2) is 70.2 Å². The van der Waals surface area contributed by atoms with Crippen LogP contribution < -0.4 is 10.7 Å². The molecule has 1 aliphatic rings. The molecular formula is C23H24N6O7. The highest BCUT2D eigenvalue weighted by Crippen LogP contribution is 2.40. The van der Waals surface area contributed by atoms with Crippen molar-refractivity contribution in [2.24, 2.45) is 5.10 Å². The molecular weight excluding hydrogens is 472 g/mol. The molecule has 2 aromatic carbocycles. The van der Waals surface area contributed by atoms with Gasteiger partial charge in [0.2, 0.25) is 5.89 Å². The Morgan fingerprint density at radius 1 is 1.03 bits per heavy atom.